The van der Waals surface area contributed by atoms with Crippen LogP contribution in [-0.2, 0) is 16.6 Å². The Hall–Kier alpha value is -2.83. The number of carbonyl (C=O) groups excluding carboxylic acids is 2. The van der Waals surface area contributed by atoms with E-state index in [1.165, 1.54) is 0 Å². The molecule has 2 amide bonds. The van der Waals surface area contributed by atoms with Crippen molar-refractivity contribution in [3.63, 3.8) is 0 Å². The van der Waals surface area contributed by atoms with Crippen LogP contribution in [0.15, 0.2) is 36.8 Å². The minimum absolute atomic E-state index is 0.250. The highest BCUT2D eigenvalue weighted by atomic mass is 16.5. The van der Waals surface area contributed by atoms with Gasteiger partial charge >= 0.3 is 0 Å². The van der Waals surface area contributed by atoms with Gasteiger partial charge in [-0.15, -0.1) is 0 Å². The minimum Gasteiger partial charge on any atom is -0.494 e. The number of aryl methyl sites for hydroxylation is 1. The maximum atomic E-state index is 12.4. The van der Waals surface area contributed by atoms with Crippen molar-refractivity contribution >= 4 is 11.8 Å². The molecule has 0 radical (unpaired) electrons. The number of nitrogens with one attached hydrogen (secondary N) is 2. The molecule has 2 unspecified atom stereocenters. The number of benzene rings is 1. The van der Waals surface area contributed by atoms with Crippen molar-refractivity contribution in [2.45, 2.75) is 19.0 Å². The van der Waals surface area contributed by atoms with Crippen molar-refractivity contribution in [1.82, 2.24) is 20.2 Å². The van der Waals surface area contributed by atoms with Crippen molar-refractivity contribution in [2.24, 2.45) is 7.05 Å². The third-order valence-electron chi connectivity index (χ3n) is 3.77. The summed E-state index contributed by atoms with van der Waals surface area (Å²) in [6.07, 6.45) is 3.16. The summed E-state index contributed by atoms with van der Waals surface area (Å²) in [5.74, 6) is 0.221. The Balaban J connectivity index is 1.78. The lowest BCUT2D eigenvalue weighted by Gasteiger charge is -2.29. The first-order valence-corrected chi connectivity index (χ1v) is 7.40. The molecule has 2 atom stereocenters. The van der Waals surface area contributed by atoms with E-state index in [1.807, 2.05) is 6.92 Å². The van der Waals surface area contributed by atoms with Crippen LogP contribution in [-0.4, -0.2) is 28.0 Å². The molecule has 1 saturated heterocycles. The smallest absolute Gasteiger partial charge is 0.249 e. The van der Waals surface area contributed by atoms with Gasteiger partial charge in [-0.2, -0.15) is 0 Å². The maximum Gasteiger partial charge on any atom is 0.249 e. The zero-order chi connectivity index (χ0) is 16.4. The molecule has 7 nitrogen and oxygen atoms in total. The first-order chi connectivity index (χ1) is 11.1. The first kappa shape index (κ1) is 15.1. The lowest BCUT2D eigenvalue weighted by molar-refractivity contribution is -0.137. The molecule has 1 aromatic heterocycles. The third-order valence-corrected chi connectivity index (χ3v) is 3.77. The van der Waals surface area contributed by atoms with Crippen LogP contribution >= 0.6 is 0 Å². The van der Waals surface area contributed by atoms with Gasteiger partial charge in [-0.25, -0.2) is 4.98 Å². The van der Waals surface area contributed by atoms with E-state index in [9.17, 15) is 9.59 Å². The molecule has 23 heavy (non-hydrogen) atoms. The van der Waals surface area contributed by atoms with Gasteiger partial charge in [0.1, 0.15) is 11.8 Å². The van der Waals surface area contributed by atoms with E-state index >= 15 is 0 Å². The molecule has 0 saturated carbocycles. The fourth-order valence-electron chi connectivity index (χ4n) is 2.59. The monoisotopic (exact) mass is 314 g/mol. The van der Waals surface area contributed by atoms with Crippen LogP contribution in [0, 0.1) is 0 Å². The lowest BCUT2D eigenvalue weighted by atomic mass is 10.0. The van der Waals surface area contributed by atoms with Crippen LogP contribution in [0.25, 0.3) is 0 Å². The molecule has 120 valence electrons. The van der Waals surface area contributed by atoms with Crippen LogP contribution in [0.5, 0.6) is 5.75 Å². The molecule has 1 aromatic carbocycles. The fraction of sp³-hybridized carbons (Fsp3) is 0.312. The number of rotatable bonds is 4. The fourth-order valence-corrected chi connectivity index (χ4v) is 2.59. The Labute approximate surface area is 133 Å². The number of hydrogen-bond acceptors (Lipinski definition) is 4. The van der Waals surface area contributed by atoms with Crippen LogP contribution in [0.4, 0.5) is 0 Å². The largest absolute Gasteiger partial charge is 0.494 e. The van der Waals surface area contributed by atoms with Crippen molar-refractivity contribution < 1.29 is 14.3 Å². The van der Waals surface area contributed by atoms with Gasteiger partial charge in [0.05, 0.1) is 24.8 Å². The van der Waals surface area contributed by atoms with E-state index in [2.05, 4.69) is 15.6 Å². The molecule has 2 aromatic rings. The molecule has 0 bridgehead atoms. The zero-order valence-electron chi connectivity index (χ0n) is 12.9. The third kappa shape index (κ3) is 2.90. The molecule has 1 aliphatic heterocycles. The quantitative estimate of drug-likeness (QED) is 0.876. The minimum atomic E-state index is -0.728. The Morgan fingerprint density at radius 1 is 1.13 bits per heavy atom. The van der Waals surface area contributed by atoms with Crippen molar-refractivity contribution in [3.8, 4) is 5.75 Å². The van der Waals surface area contributed by atoms with Gasteiger partial charge in [-0.05, 0) is 24.6 Å². The summed E-state index contributed by atoms with van der Waals surface area (Å²) in [5.41, 5.74) is 1.35. The molecule has 2 N–H and O–H groups in total. The number of imidazole rings is 1. The highest BCUT2D eigenvalue weighted by Gasteiger charge is 2.36. The van der Waals surface area contributed by atoms with Gasteiger partial charge in [-0.1, -0.05) is 12.1 Å². The second-order valence-corrected chi connectivity index (χ2v) is 5.31. The van der Waals surface area contributed by atoms with Gasteiger partial charge in [0.25, 0.3) is 0 Å². The van der Waals surface area contributed by atoms with Gasteiger partial charge in [0, 0.05) is 7.05 Å². The lowest BCUT2D eigenvalue weighted by Crippen LogP contribution is -2.53. The average Bonchev–Trinajstić information content (AvgIpc) is 2.96. The van der Waals surface area contributed by atoms with Crippen molar-refractivity contribution in [2.75, 3.05) is 6.61 Å². The maximum absolute atomic E-state index is 12.4. The second kappa shape index (κ2) is 6.12. The zero-order valence-corrected chi connectivity index (χ0v) is 12.9. The molecule has 0 aliphatic carbocycles. The Morgan fingerprint density at radius 3 is 2.39 bits per heavy atom. The molecule has 7 heteroatoms. The summed E-state index contributed by atoms with van der Waals surface area (Å²) in [6.45, 7) is 2.48. The topological polar surface area (TPSA) is 85.2 Å². The summed E-state index contributed by atoms with van der Waals surface area (Å²) < 4.78 is 7.09. The van der Waals surface area contributed by atoms with E-state index in [-0.39, 0.29) is 11.8 Å². The number of amides is 2. The van der Waals surface area contributed by atoms with Gasteiger partial charge in [0.15, 0.2) is 6.04 Å². The predicted molar refractivity (Wildman–Crippen MR) is 82.6 cm³/mol. The van der Waals surface area contributed by atoms with Crippen LogP contribution in [0.2, 0.25) is 0 Å². The van der Waals surface area contributed by atoms with E-state index in [0.29, 0.717) is 17.9 Å². The average molecular weight is 314 g/mol. The molecule has 2 heterocycles. The number of ether oxygens (including phenoxy) is 1. The van der Waals surface area contributed by atoms with E-state index in [4.69, 9.17) is 4.74 Å². The van der Waals surface area contributed by atoms with E-state index in [0.717, 1.165) is 5.75 Å². The summed E-state index contributed by atoms with van der Waals surface area (Å²) in [4.78, 5) is 28.7. The van der Waals surface area contributed by atoms with Crippen LogP contribution < -0.4 is 15.4 Å². The molecular weight excluding hydrogens is 296 g/mol. The Morgan fingerprint density at radius 2 is 1.78 bits per heavy atom. The summed E-state index contributed by atoms with van der Waals surface area (Å²) >= 11 is 0. The van der Waals surface area contributed by atoms with Crippen LogP contribution in [0.1, 0.15) is 30.3 Å². The number of nitrogens with zero attached hydrogens (tertiary/aromatic N) is 2. The van der Waals surface area contributed by atoms with Crippen molar-refractivity contribution in [3.05, 3.63) is 48.0 Å². The normalized spacial score (nSPS) is 20.8. The highest BCUT2D eigenvalue weighted by Crippen LogP contribution is 2.24. The SMILES string of the molecule is CCOc1ccc(C2NC(=O)C(c3cncn3C)NC2=O)cc1. The van der Waals surface area contributed by atoms with E-state index < -0.39 is 12.1 Å². The number of hydrogen-bond donors (Lipinski definition) is 2. The van der Waals surface area contributed by atoms with Gasteiger partial charge < -0.3 is 19.9 Å². The summed E-state index contributed by atoms with van der Waals surface area (Å²) in [5, 5.41) is 5.52. The molecule has 1 aliphatic rings. The Bertz CT molecular complexity index is 723. The van der Waals surface area contributed by atoms with Crippen LogP contribution in [0.3, 0.4) is 0 Å². The molecule has 1 fully saturated rings. The molecular formula is C16H18N4O3. The predicted octanol–water partition coefficient (Wildman–Crippen LogP) is 0.847. The number of aromatic nitrogens is 2. The Kier molecular flexibility index (Phi) is 4.01. The van der Waals surface area contributed by atoms with Crippen molar-refractivity contribution in [1.29, 1.82) is 0 Å². The first-order valence-electron chi connectivity index (χ1n) is 7.40. The van der Waals surface area contributed by atoms with Gasteiger partial charge in [0.2, 0.25) is 11.8 Å². The standard InChI is InChI=1S/C16H18N4O3/c1-3-23-11-6-4-10(5-7-11)13-15(21)19-14(16(22)18-13)12-8-17-9-20(12)2/h4-9,13-14H,3H2,1-2H3,(H,18,22)(H,19,21). The number of piperazine rings is 1. The van der Waals surface area contributed by atoms with Gasteiger partial charge in [-0.3, -0.25) is 9.59 Å². The highest BCUT2D eigenvalue weighted by molar-refractivity contribution is 5.97. The summed E-state index contributed by atoms with van der Waals surface area (Å²) in [7, 11) is 1.78. The molecule has 0 spiro atoms. The second-order valence-electron chi connectivity index (χ2n) is 5.31. The molecule has 3 rings (SSSR count). The summed E-state index contributed by atoms with van der Waals surface area (Å²) in [6, 6.07) is 5.69. The number of carbonyl (C=O) groups is 2. The van der Waals surface area contributed by atoms with E-state index in [1.54, 1.807) is 48.4 Å².